The highest BCUT2D eigenvalue weighted by Crippen LogP contribution is 2.26. The Hall–Kier alpha value is -2.66. The number of benzene rings is 2. The normalized spacial score (nSPS) is 11.5. The molecule has 0 aliphatic heterocycles. The van der Waals surface area contributed by atoms with Crippen molar-refractivity contribution in [2.75, 3.05) is 14.1 Å². The van der Waals surface area contributed by atoms with Crippen molar-refractivity contribution in [2.45, 2.75) is 115 Å². The maximum absolute atomic E-state index is 12.4. The molecule has 5 heteroatoms. The Morgan fingerprint density at radius 3 is 1.49 bits per heavy atom. The standard InChI is InChI=1S/C18H36O3.C16H17NO/c1-2-3-4-11-14-17(19)15-12-9-7-5-6-8-10-13-16-18(20)21;1-17(2)16(18)15(13-9-5-3-6-10-13)14-11-7-4-8-12-14/h17,19H,2-16H2,1H3,(H,20,21);3-12,15H,1-2H3. The Balaban J connectivity index is 0.000000393. The second-order valence-electron chi connectivity index (χ2n) is 10.8. The van der Waals surface area contributed by atoms with Gasteiger partial charge in [0, 0.05) is 20.5 Å². The first-order chi connectivity index (χ1) is 18.9. The van der Waals surface area contributed by atoms with Crippen LogP contribution in [0.1, 0.15) is 120 Å². The minimum Gasteiger partial charge on any atom is -0.481 e. The minimum atomic E-state index is -0.678. The molecule has 0 radical (unpaired) electrons. The van der Waals surface area contributed by atoms with Gasteiger partial charge >= 0.3 is 5.97 Å². The van der Waals surface area contributed by atoms with E-state index in [2.05, 4.69) is 6.92 Å². The van der Waals surface area contributed by atoms with Crippen LogP contribution in [0.2, 0.25) is 0 Å². The Bertz CT molecular complexity index is 830. The first-order valence-corrected chi connectivity index (χ1v) is 15.1. The Labute approximate surface area is 237 Å². The summed E-state index contributed by atoms with van der Waals surface area (Å²) in [5.41, 5.74) is 2.06. The van der Waals surface area contributed by atoms with Crippen LogP contribution in [0.15, 0.2) is 60.7 Å². The SMILES string of the molecule is CCCCCCC(O)CCCCCCCCCCC(=O)O.CN(C)C(=O)C(c1ccccc1)c1ccccc1. The molecule has 0 fully saturated rings. The van der Waals surface area contributed by atoms with Crippen molar-refractivity contribution in [2.24, 2.45) is 0 Å². The number of likely N-dealkylation sites (N-methyl/N-ethyl adjacent to an activating group) is 1. The molecule has 0 saturated carbocycles. The van der Waals surface area contributed by atoms with Crippen LogP contribution in [-0.2, 0) is 9.59 Å². The lowest BCUT2D eigenvalue weighted by Crippen LogP contribution is -2.28. The summed E-state index contributed by atoms with van der Waals surface area (Å²) in [7, 11) is 3.59. The van der Waals surface area contributed by atoms with Gasteiger partial charge in [0.05, 0.1) is 12.0 Å². The number of aliphatic hydroxyl groups is 1. The molecule has 0 saturated heterocycles. The fourth-order valence-corrected chi connectivity index (χ4v) is 4.69. The van der Waals surface area contributed by atoms with Crippen molar-refractivity contribution in [1.29, 1.82) is 0 Å². The Kier molecular flexibility index (Phi) is 19.6. The third-order valence-electron chi connectivity index (χ3n) is 7.02. The van der Waals surface area contributed by atoms with Gasteiger partial charge < -0.3 is 15.1 Å². The Morgan fingerprint density at radius 1 is 0.667 bits per heavy atom. The van der Waals surface area contributed by atoms with Crippen molar-refractivity contribution >= 4 is 11.9 Å². The lowest BCUT2D eigenvalue weighted by Gasteiger charge is -2.21. The van der Waals surface area contributed by atoms with E-state index in [1.165, 1.54) is 51.4 Å². The molecular weight excluding hydrogens is 486 g/mol. The smallest absolute Gasteiger partial charge is 0.303 e. The van der Waals surface area contributed by atoms with E-state index in [1.807, 2.05) is 60.7 Å². The topological polar surface area (TPSA) is 77.8 Å². The molecule has 39 heavy (non-hydrogen) atoms. The number of carboxylic acids is 1. The molecule has 2 N–H and O–H groups in total. The average Bonchev–Trinajstić information content (AvgIpc) is 2.93. The summed E-state index contributed by atoms with van der Waals surface area (Å²) < 4.78 is 0. The molecular formula is C34H53NO4. The lowest BCUT2D eigenvalue weighted by molar-refractivity contribution is -0.137. The van der Waals surface area contributed by atoms with Gasteiger partial charge in [-0.2, -0.15) is 0 Å². The highest BCUT2D eigenvalue weighted by Gasteiger charge is 2.23. The van der Waals surface area contributed by atoms with Crippen LogP contribution >= 0.6 is 0 Å². The van der Waals surface area contributed by atoms with E-state index in [9.17, 15) is 14.7 Å². The molecule has 2 aromatic carbocycles. The molecule has 0 aromatic heterocycles. The molecule has 1 atom stereocenters. The molecule has 0 spiro atoms. The fraction of sp³-hybridized carbons (Fsp3) is 0.588. The molecule has 0 bridgehead atoms. The van der Waals surface area contributed by atoms with Crippen molar-refractivity contribution in [1.82, 2.24) is 4.90 Å². The van der Waals surface area contributed by atoms with Crippen LogP contribution in [0.5, 0.6) is 0 Å². The molecule has 0 aliphatic rings. The number of hydrogen-bond donors (Lipinski definition) is 2. The predicted octanol–water partition coefficient (Wildman–Crippen LogP) is 8.21. The number of hydrogen-bond acceptors (Lipinski definition) is 3. The molecule has 1 amide bonds. The number of carboxylic acid groups (broad SMARTS) is 1. The van der Waals surface area contributed by atoms with E-state index >= 15 is 0 Å². The maximum atomic E-state index is 12.4. The molecule has 0 heterocycles. The van der Waals surface area contributed by atoms with Gasteiger partial charge in [-0.15, -0.1) is 0 Å². The minimum absolute atomic E-state index is 0.0853. The average molecular weight is 540 g/mol. The van der Waals surface area contributed by atoms with Crippen molar-refractivity contribution < 1.29 is 19.8 Å². The van der Waals surface area contributed by atoms with Crippen LogP contribution in [0.3, 0.4) is 0 Å². The van der Waals surface area contributed by atoms with E-state index in [-0.39, 0.29) is 17.9 Å². The van der Waals surface area contributed by atoms with Gasteiger partial charge in [-0.05, 0) is 30.4 Å². The van der Waals surface area contributed by atoms with E-state index in [4.69, 9.17) is 5.11 Å². The van der Waals surface area contributed by atoms with Gasteiger partial charge in [0.15, 0.2) is 0 Å². The Morgan fingerprint density at radius 2 is 1.08 bits per heavy atom. The van der Waals surface area contributed by atoms with E-state index < -0.39 is 5.97 Å². The first-order valence-electron chi connectivity index (χ1n) is 15.1. The summed E-state index contributed by atoms with van der Waals surface area (Å²) in [6.07, 6.45) is 16.3. The molecule has 5 nitrogen and oxygen atoms in total. The highest BCUT2D eigenvalue weighted by atomic mass is 16.4. The van der Waals surface area contributed by atoms with Gasteiger partial charge in [-0.25, -0.2) is 0 Å². The van der Waals surface area contributed by atoms with E-state index in [0.29, 0.717) is 6.42 Å². The fourth-order valence-electron chi connectivity index (χ4n) is 4.69. The van der Waals surface area contributed by atoms with Gasteiger partial charge in [0.2, 0.25) is 5.91 Å². The lowest BCUT2D eigenvalue weighted by atomic mass is 9.90. The van der Waals surface area contributed by atoms with Crippen molar-refractivity contribution in [3.05, 3.63) is 71.8 Å². The maximum Gasteiger partial charge on any atom is 0.303 e. The third kappa shape index (κ3) is 16.8. The largest absolute Gasteiger partial charge is 0.481 e. The van der Waals surface area contributed by atoms with Crippen molar-refractivity contribution in [3.8, 4) is 0 Å². The zero-order chi connectivity index (χ0) is 28.7. The monoisotopic (exact) mass is 539 g/mol. The van der Waals surface area contributed by atoms with E-state index in [0.717, 1.165) is 49.7 Å². The number of unbranched alkanes of at least 4 members (excludes halogenated alkanes) is 10. The molecule has 1 unspecified atom stereocenters. The van der Waals surface area contributed by atoms with Crippen molar-refractivity contribution in [3.63, 3.8) is 0 Å². The quantitative estimate of drug-likeness (QED) is 0.176. The number of nitrogens with zero attached hydrogens (tertiary/aromatic N) is 1. The van der Waals surface area contributed by atoms with Gasteiger partial charge in [-0.3, -0.25) is 9.59 Å². The van der Waals surface area contributed by atoms with Gasteiger partial charge in [0.1, 0.15) is 0 Å². The summed E-state index contributed by atoms with van der Waals surface area (Å²) in [4.78, 5) is 24.4. The first kappa shape index (κ1) is 34.4. The second-order valence-corrected chi connectivity index (χ2v) is 10.8. The summed E-state index contributed by atoms with van der Waals surface area (Å²) in [6.45, 7) is 2.21. The number of aliphatic hydroxyl groups excluding tert-OH is 1. The predicted molar refractivity (Wildman–Crippen MR) is 162 cm³/mol. The molecule has 2 aromatic rings. The summed E-state index contributed by atoms with van der Waals surface area (Å²) in [6, 6.07) is 19.8. The number of aliphatic carboxylic acids is 1. The molecule has 218 valence electrons. The third-order valence-corrected chi connectivity index (χ3v) is 7.02. The van der Waals surface area contributed by atoms with Gasteiger partial charge in [-0.1, -0.05) is 138 Å². The molecule has 0 aliphatic carbocycles. The zero-order valence-electron chi connectivity index (χ0n) is 24.7. The van der Waals surface area contributed by atoms with Crippen LogP contribution in [-0.4, -0.2) is 47.2 Å². The zero-order valence-corrected chi connectivity index (χ0v) is 24.7. The van der Waals surface area contributed by atoms with Crippen LogP contribution in [0.4, 0.5) is 0 Å². The van der Waals surface area contributed by atoms with Gasteiger partial charge in [0.25, 0.3) is 0 Å². The van der Waals surface area contributed by atoms with Crippen LogP contribution in [0.25, 0.3) is 0 Å². The summed E-state index contributed by atoms with van der Waals surface area (Å²) in [5, 5.41) is 18.4. The second kappa shape index (κ2) is 22.2. The van der Waals surface area contributed by atoms with E-state index in [1.54, 1.807) is 19.0 Å². The summed E-state index contributed by atoms with van der Waals surface area (Å²) >= 11 is 0. The number of carbonyl (C=O) groups is 2. The number of amides is 1. The number of carbonyl (C=O) groups excluding carboxylic acids is 1. The highest BCUT2D eigenvalue weighted by molar-refractivity contribution is 5.86. The van der Waals surface area contributed by atoms with Crippen LogP contribution in [0, 0.1) is 0 Å². The van der Waals surface area contributed by atoms with Crippen LogP contribution < -0.4 is 0 Å². The molecule has 2 rings (SSSR count). The summed E-state index contributed by atoms with van der Waals surface area (Å²) in [5.74, 6) is -0.793. The number of rotatable bonds is 19.